The van der Waals surface area contributed by atoms with Gasteiger partial charge in [-0.3, -0.25) is 9.10 Å². The maximum Gasteiger partial charge on any atom is 0.241 e. The van der Waals surface area contributed by atoms with Crippen LogP contribution in [0, 0.1) is 19.7 Å². The van der Waals surface area contributed by atoms with Crippen molar-refractivity contribution in [2.24, 2.45) is 0 Å². The quantitative estimate of drug-likeness (QED) is 0.785. The van der Waals surface area contributed by atoms with E-state index in [1.165, 1.54) is 12.1 Å². The van der Waals surface area contributed by atoms with Gasteiger partial charge in [0.05, 0.1) is 23.0 Å². The summed E-state index contributed by atoms with van der Waals surface area (Å²) in [5.74, 6) is -1.14. The topological polar surface area (TPSA) is 66.5 Å². The van der Waals surface area contributed by atoms with Crippen molar-refractivity contribution >= 4 is 33.2 Å². The lowest BCUT2D eigenvalue weighted by Crippen LogP contribution is -2.41. The maximum absolute atomic E-state index is 13.4. The number of benzene rings is 2. The highest BCUT2D eigenvalue weighted by Gasteiger charge is 2.23. The average Bonchev–Trinajstić information content (AvgIpc) is 2.54. The van der Waals surface area contributed by atoms with Crippen LogP contribution in [0.1, 0.15) is 29.7 Å². The van der Waals surface area contributed by atoms with Crippen LogP contribution in [0.25, 0.3) is 0 Å². The Balaban J connectivity index is 2.20. The highest BCUT2D eigenvalue weighted by atomic mass is 35.5. The van der Waals surface area contributed by atoms with E-state index >= 15 is 0 Å². The number of sulfonamides is 1. The Kier molecular flexibility index (Phi) is 6.49. The molecule has 0 unspecified atom stereocenters. The normalized spacial score (nSPS) is 12.5. The van der Waals surface area contributed by atoms with Crippen molar-refractivity contribution in [3.8, 4) is 0 Å². The number of hydrogen-bond donors (Lipinski definition) is 1. The third-order valence-electron chi connectivity index (χ3n) is 4.15. The van der Waals surface area contributed by atoms with Crippen molar-refractivity contribution in [3.05, 3.63) is 63.9 Å². The van der Waals surface area contributed by atoms with Crippen molar-refractivity contribution in [3.63, 3.8) is 0 Å². The smallest absolute Gasteiger partial charge is 0.241 e. The Bertz CT molecular complexity index is 963. The number of nitrogens with one attached hydrogen (secondary N) is 1. The average molecular weight is 413 g/mol. The first-order valence-corrected chi connectivity index (χ1v) is 10.5. The first-order valence-electron chi connectivity index (χ1n) is 8.28. The monoisotopic (exact) mass is 412 g/mol. The summed E-state index contributed by atoms with van der Waals surface area (Å²) in [4.78, 5) is 12.5. The minimum Gasteiger partial charge on any atom is -0.348 e. The van der Waals surface area contributed by atoms with Crippen LogP contribution in [-0.2, 0) is 14.8 Å². The van der Waals surface area contributed by atoms with Crippen LogP contribution in [0.2, 0.25) is 5.02 Å². The number of nitrogens with zero attached hydrogens (tertiary/aromatic N) is 1. The molecular formula is C19H22ClFN2O3S. The largest absolute Gasteiger partial charge is 0.348 e. The molecule has 27 heavy (non-hydrogen) atoms. The first-order chi connectivity index (χ1) is 12.5. The standard InChI is InChI=1S/C19H22ClFN2O3S/c1-12-5-7-16(13(2)9-12)14(3)22-19(24)11-23(27(4,25)26)15-6-8-18(21)17(20)10-15/h5-10,14H,11H2,1-4H3,(H,22,24)/t14-/m1/s1. The molecule has 2 rings (SSSR count). The second-order valence-corrected chi connectivity index (χ2v) is 8.83. The van der Waals surface area contributed by atoms with Crippen LogP contribution in [-0.4, -0.2) is 27.1 Å². The number of carbonyl (C=O) groups excluding carboxylic acids is 1. The van der Waals surface area contributed by atoms with Crippen LogP contribution in [0.4, 0.5) is 10.1 Å². The molecule has 1 atom stereocenters. The van der Waals surface area contributed by atoms with Crippen LogP contribution in [0.3, 0.4) is 0 Å². The van der Waals surface area contributed by atoms with Gasteiger partial charge >= 0.3 is 0 Å². The number of halogens is 2. The van der Waals surface area contributed by atoms with E-state index in [0.29, 0.717) is 0 Å². The number of aryl methyl sites for hydroxylation is 2. The highest BCUT2D eigenvalue weighted by Crippen LogP contribution is 2.24. The summed E-state index contributed by atoms with van der Waals surface area (Å²) in [6, 6.07) is 9.11. The Labute approximate surface area is 164 Å². The third-order valence-corrected chi connectivity index (χ3v) is 5.58. The van der Waals surface area contributed by atoms with E-state index in [2.05, 4.69) is 5.32 Å². The molecule has 0 heterocycles. The lowest BCUT2D eigenvalue weighted by Gasteiger charge is -2.24. The van der Waals surface area contributed by atoms with Gasteiger partial charge in [-0.05, 0) is 50.1 Å². The van der Waals surface area contributed by atoms with Gasteiger partial charge in [0.25, 0.3) is 0 Å². The van der Waals surface area contributed by atoms with Gasteiger partial charge < -0.3 is 5.32 Å². The molecular weight excluding hydrogens is 391 g/mol. The van der Waals surface area contributed by atoms with Gasteiger partial charge in [-0.25, -0.2) is 12.8 Å². The van der Waals surface area contributed by atoms with Crippen LogP contribution in [0.15, 0.2) is 36.4 Å². The Morgan fingerprint density at radius 1 is 1.22 bits per heavy atom. The minimum absolute atomic E-state index is 0.123. The van der Waals surface area contributed by atoms with Gasteiger partial charge in [-0.1, -0.05) is 35.4 Å². The summed E-state index contributed by atoms with van der Waals surface area (Å²) in [7, 11) is -3.77. The number of hydrogen-bond acceptors (Lipinski definition) is 3. The number of rotatable bonds is 6. The molecule has 5 nitrogen and oxygen atoms in total. The molecule has 0 aliphatic rings. The third kappa shape index (κ3) is 5.43. The molecule has 0 fully saturated rings. The Hall–Kier alpha value is -2.12. The molecule has 0 spiro atoms. The Morgan fingerprint density at radius 2 is 1.89 bits per heavy atom. The molecule has 0 saturated carbocycles. The lowest BCUT2D eigenvalue weighted by atomic mass is 10.0. The predicted octanol–water partition coefficient (Wildman–Crippen LogP) is 3.74. The lowest BCUT2D eigenvalue weighted by molar-refractivity contribution is -0.120. The van der Waals surface area contributed by atoms with E-state index in [1.807, 2.05) is 39.0 Å². The summed E-state index contributed by atoms with van der Waals surface area (Å²) in [6.07, 6.45) is 0.977. The first kappa shape index (κ1) is 21.2. The fourth-order valence-electron chi connectivity index (χ4n) is 2.85. The molecule has 0 radical (unpaired) electrons. The molecule has 8 heteroatoms. The highest BCUT2D eigenvalue weighted by molar-refractivity contribution is 7.92. The second kappa shape index (κ2) is 8.27. The fraction of sp³-hybridized carbons (Fsp3) is 0.316. The molecule has 0 aliphatic heterocycles. The number of carbonyl (C=O) groups is 1. The summed E-state index contributed by atoms with van der Waals surface area (Å²) in [5, 5.41) is 2.59. The van der Waals surface area contributed by atoms with Crippen molar-refractivity contribution < 1.29 is 17.6 Å². The SMILES string of the molecule is Cc1ccc([C@@H](C)NC(=O)CN(c2ccc(F)c(Cl)c2)S(C)(=O)=O)c(C)c1. The summed E-state index contributed by atoms with van der Waals surface area (Å²) in [6.45, 7) is 5.33. The zero-order valence-electron chi connectivity index (χ0n) is 15.6. The van der Waals surface area contributed by atoms with Crippen molar-refractivity contribution in [1.29, 1.82) is 0 Å². The minimum atomic E-state index is -3.77. The van der Waals surface area contributed by atoms with E-state index in [0.717, 1.165) is 33.3 Å². The number of amides is 1. The van der Waals surface area contributed by atoms with Crippen LogP contribution < -0.4 is 9.62 Å². The molecule has 2 aromatic carbocycles. The van der Waals surface area contributed by atoms with Crippen LogP contribution in [0.5, 0.6) is 0 Å². The van der Waals surface area contributed by atoms with Gasteiger partial charge in [0, 0.05) is 0 Å². The van der Waals surface area contributed by atoms with E-state index in [-0.39, 0.29) is 16.8 Å². The molecule has 0 aromatic heterocycles. The van der Waals surface area contributed by atoms with Gasteiger partial charge in [-0.2, -0.15) is 0 Å². The summed E-state index contributed by atoms with van der Waals surface area (Å²) >= 11 is 5.74. The predicted molar refractivity (Wildman–Crippen MR) is 106 cm³/mol. The van der Waals surface area contributed by atoms with Crippen molar-refractivity contribution in [2.45, 2.75) is 26.8 Å². The van der Waals surface area contributed by atoms with Gasteiger partial charge in [0.2, 0.25) is 15.9 Å². The number of anilines is 1. The van der Waals surface area contributed by atoms with E-state index in [4.69, 9.17) is 11.6 Å². The van der Waals surface area contributed by atoms with E-state index in [9.17, 15) is 17.6 Å². The second-order valence-electron chi connectivity index (χ2n) is 6.52. The molecule has 0 saturated heterocycles. The van der Waals surface area contributed by atoms with Gasteiger partial charge in [-0.15, -0.1) is 0 Å². The van der Waals surface area contributed by atoms with E-state index in [1.54, 1.807) is 0 Å². The molecule has 1 amide bonds. The van der Waals surface area contributed by atoms with E-state index < -0.39 is 28.3 Å². The zero-order valence-corrected chi connectivity index (χ0v) is 17.2. The fourth-order valence-corrected chi connectivity index (χ4v) is 3.87. The zero-order chi connectivity index (χ0) is 20.4. The maximum atomic E-state index is 13.4. The Morgan fingerprint density at radius 3 is 2.44 bits per heavy atom. The summed E-state index contributed by atoms with van der Waals surface area (Å²) in [5.41, 5.74) is 3.22. The molecule has 2 aromatic rings. The molecule has 146 valence electrons. The molecule has 1 N–H and O–H groups in total. The van der Waals surface area contributed by atoms with Crippen molar-refractivity contribution in [1.82, 2.24) is 5.32 Å². The van der Waals surface area contributed by atoms with Crippen LogP contribution >= 0.6 is 11.6 Å². The van der Waals surface area contributed by atoms with Crippen molar-refractivity contribution in [2.75, 3.05) is 17.1 Å². The van der Waals surface area contributed by atoms with Gasteiger partial charge in [0.1, 0.15) is 12.4 Å². The molecule has 0 bridgehead atoms. The molecule has 0 aliphatic carbocycles. The van der Waals surface area contributed by atoms with Gasteiger partial charge in [0.15, 0.2) is 0 Å². The summed E-state index contributed by atoms with van der Waals surface area (Å²) < 4.78 is 38.5.